The summed E-state index contributed by atoms with van der Waals surface area (Å²) in [5.41, 5.74) is 2.52. The highest BCUT2D eigenvalue weighted by Crippen LogP contribution is 2.30. The van der Waals surface area contributed by atoms with Gasteiger partial charge in [-0.25, -0.2) is 0 Å². The highest BCUT2D eigenvalue weighted by Gasteiger charge is 2.25. The fourth-order valence-electron chi connectivity index (χ4n) is 3.33. The van der Waals surface area contributed by atoms with Crippen LogP contribution in [-0.2, 0) is 22.6 Å². The van der Waals surface area contributed by atoms with Crippen LogP contribution in [-0.4, -0.2) is 36.3 Å². The predicted molar refractivity (Wildman–Crippen MR) is 109 cm³/mol. The first-order valence-corrected chi connectivity index (χ1v) is 10.3. The van der Waals surface area contributed by atoms with Crippen LogP contribution in [0.15, 0.2) is 35.7 Å². The van der Waals surface area contributed by atoms with Gasteiger partial charge in [0.15, 0.2) is 0 Å². The molecule has 5 nitrogen and oxygen atoms in total. The summed E-state index contributed by atoms with van der Waals surface area (Å²) < 4.78 is 0. The molecule has 0 saturated carbocycles. The number of hydrogen-bond acceptors (Lipinski definition) is 4. The molecule has 0 spiro atoms. The van der Waals surface area contributed by atoms with Gasteiger partial charge in [-0.1, -0.05) is 23.7 Å². The minimum Gasteiger partial charge on any atom is -0.356 e. The molecule has 0 aliphatic carbocycles. The molecule has 27 heavy (non-hydrogen) atoms. The minimum atomic E-state index is -0.123. The Morgan fingerprint density at radius 2 is 2.00 bits per heavy atom. The number of halogens is 1. The van der Waals surface area contributed by atoms with Gasteiger partial charge >= 0.3 is 0 Å². The van der Waals surface area contributed by atoms with E-state index in [4.69, 9.17) is 11.6 Å². The third kappa shape index (κ3) is 5.54. The first kappa shape index (κ1) is 19.9. The van der Waals surface area contributed by atoms with E-state index in [0.29, 0.717) is 18.1 Å². The summed E-state index contributed by atoms with van der Waals surface area (Å²) in [6.07, 6.45) is 1.31. The van der Waals surface area contributed by atoms with Crippen molar-refractivity contribution < 1.29 is 9.59 Å². The molecule has 0 bridgehead atoms. The molecule has 0 saturated heterocycles. The monoisotopic (exact) mass is 405 g/mol. The van der Waals surface area contributed by atoms with Crippen molar-refractivity contribution in [3.8, 4) is 0 Å². The average Bonchev–Trinajstić information content (AvgIpc) is 3.11. The molecule has 0 unspecified atom stereocenters. The Labute approximate surface area is 168 Å². The number of amides is 2. The summed E-state index contributed by atoms with van der Waals surface area (Å²) in [6.45, 7) is 4.18. The van der Waals surface area contributed by atoms with Gasteiger partial charge in [0.1, 0.15) is 0 Å². The standard InChI is InChI=1S/C20H24ClN3O2S/c1-14(25)22-9-6-20(26)23-12-18(15-2-4-17(21)5-3-15)24-10-7-19-16(13-24)8-11-27-19/h2-5,8,11,18H,6-7,9-10,12-13H2,1H3,(H,22,25)(H,23,26)/t18-/m0/s1. The normalized spacial score (nSPS) is 15.0. The molecular formula is C20H24ClN3O2S. The van der Waals surface area contributed by atoms with Crippen LogP contribution >= 0.6 is 22.9 Å². The molecule has 1 atom stereocenters. The van der Waals surface area contributed by atoms with Crippen LogP contribution in [0.5, 0.6) is 0 Å². The van der Waals surface area contributed by atoms with Crippen LogP contribution in [0.25, 0.3) is 0 Å². The summed E-state index contributed by atoms with van der Waals surface area (Å²) in [5, 5.41) is 8.52. The van der Waals surface area contributed by atoms with Crippen LogP contribution in [0.2, 0.25) is 5.02 Å². The molecule has 1 aromatic carbocycles. The molecule has 2 aromatic rings. The van der Waals surface area contributed by atoms with Crippen molar-refractivity contribution in [3.05, 3.63) is 56.7 Å². The van der Waals surface area contributed by atoms with Gasteiger partial charge in [0, 0.05) is 49.4 Å². The van der Waals surface area contributed by atoms with Gasteiger partial charge in [-0.2, -0.15) is 0 Å². The molecule has 2 heterocycles. The van der Waals surface area contributed by atoms with Crippen molar-refractivity contribution in [1.82, 2.24) is 15.5 Å². The number of fused-ring (bicyclic) bond motifs is 1. The fraction of sp³-hybridized carbons (Fsp3) is 0.400. The summed E-state index contributed by atoms with van der Waals surface area (Å²) >= 11 is 7.87. The zero-order chi connectivity index (χ0) is 19.2. The van der Waals surface area contributed by atoms with Crippen LogP contribution in [0, 0.1) is 0 Å². The number of hydrogen-bond donors (Lipinski definition) is 2. The number of nitrogens with zero attached hydrogens (tertiary/aromatic N) is 1. The van der Waals surface area contributed by atoms with E-state index in [2.05, 4.69) is 27.0 Å². The number of nitrogens with one attached hydrogen (secondary N) is 2. The summed E-state index contributed by atoms with van der Waals surface area (Å²) in [4.78, 5) is 27.0. The largest absolute Gasteiger partial charge is 0.356 e. The molecular weight excluding hydrogens is 382 g/mol. The zero-order valence-electron chi connectivity index (χ0n) is 15.3. The van der Waals surface area contributed by atoms with E-state index in [-0.39, 0.29) is 24.3 Å². The molecule has 2 amide bonds. The van der Waals surface area contributed by atoms with Gasteiger partial charge in [-0.15, -0.1) is 11.3 Å². The topological polar surface area (TPSA) is 61.4 Å². The van der Waals surface area contributed by atoms with Gasteiger partial charge in [0.25, 0.3) is 0 Å². The van der Waals surface area contributed by atoms with E-state index >= 15 is 0 Å². The Hall–Kier alpha value is -1.89. The second kappa shape index (κ2) is 9.35. The van der Waals surface area contributed by atoms with E-state index in [1.807, 2.05) is 35.6 Å². The van der Waals surface area contributed by atoms with Crippen molar-refractivity contribution in [2.24, 2.45) is 0 Å². The minimum absolute atomic E-state index is 0.0593. The lowest BCUT2D eigenvalue weighted by Crippen LogP contribution is -2.41. The Morgan fingerprint density at radius 1 is 1.22 bits per heavy atom. The van der Waals surface area contributed by atoms with Gasteiger partial charge in [-0.3, -0.25) is 14.5 Å². The van der Waals surface area contributed by atoms with E-state index in [1.165, 1.54) is 17.4 Å². The van der Waals surface area contributed by atoms with E-state index in [0.717, 1.165) is 25.1 Å². The lowest BCUT2D eigenvalue weighted by molar-refractivity contribution is -0.121. The van der Waals surface area contributed by atoms with Crippen molar-refractivity contribution in [1.29, 1.82) is 0 Å². The lowest BCUT2D eigenvalue weighted by Gasteiger charge is -2.35. The molecule has 0 radical (unpaired) electrons. The average molecular weight is 406 g/mol. The summed E-state index contributed by atoms with van der Waals surface area (Å²) in [5.74, 6) is -0.183. The zero-order valence-corrected chi connectivity index (χ0v) is 16.9. The predicted octanol–water partition coefficient (Wildman–Crippen LogP) is 3.14. The van der Waals surface area contributed by atoms with Gasteiger partial charge in [0.2, 0.25) is 11.8 Å². The summed E-state index contributed by atoms with van der Waals surface area (Å²) in [7, 11) is 0. The molecule has 7 heteroatoms. The van der Waals surface area contributed by atoms with Crippen molar-refractivity contribution in [3.63, 3.8) is 0 Å². The highest BCUT2D eigenvalue weighted by atomic mass is 35.5. The Balaban J connectivity index is 1.66. The molecule has 3 rings (SSSR count). The van der Waals surface area contributed by atoms with E-state index in [1.54, 1.807) is 0 Å². The van der Waals surface area contributed by atoms with Crippen molar-refractivity contribution in [2.75, 3.05) is 19.6 Å². The highest BCUT2D eigenvalue weighted by molar-refractivity contribution is 7.10. The van der Waals surface area contributed by atoms with E-state index in [9.17, 15) is 9.59 Å². The molecule has 0 fully saturated rings. The maximum Gasteiger partial charge on any atom is 0.221 e. The molecule has 1 aromatic heterocycles. The Bertz CT molecular complexity index is 791. The number of benzene rings is 1. The number of carbonyl (C=O) groups is 2. The Kier molecular flexibility index (Phi) is 6.88. The maximum absolute atomic E-state index is 12.2. The maximum atomic E-state index is 12.2. The number of carbonyl (C=O) groups excluding carboxylic acids is 2. The van der Waals surface area contributed by atoms with Crippen molar-refractivity contribution >= 4 is 34.8 Å². The van der Waals surface area contributed by atoms with E-state index < -0.39 is 0 Å². The molecule has 2 N–H and O–H groups in total. The van der Waals surface area contributed by atoms with Gasteiger partial charge in [-0.05, 0) is 41.1 Å². The quantitative estimate of drug-likeness (QED) is 0.743. The molecule has 144 valence electrons. The smallest absolute Gasteiger partial charge is 0.221 e. The summed E-state index contributed by atoms with van der Waals surface area (Å²) in [6, 6.07) is 10.1. The molecule has 1 aliphatic rings. The number of rotatable bonds is 7. The second-order valence-corrected chi connectivity index (χ2v) is 8.13. The van der Waals surface area contributed by atoms with Crippen LogP contribution in [0.4, 0.5) is 0 Å². The van der Waals surface area contributed by atoms with Crippen molar-refractivity contribution in [2.45, 2.75) is 32.4 Å². The SMILES string of the molecule is CC(=O)NCCC(=O)NC[C@@H](c1ccc(Cl)cc1)N1CCc2sccc2C1. The second-order valence-electron chi connectivity index (χ2n) is 6.69. The Morgan fingerprint density at radius 3 is 2.74 bits per heavy atom. The van der Waals surface area contributed by atoms with Crippen LogP contribution in [0.1, 0.15) is 35.4 Å². The van der Waals surface area contributed by atoms with Crippen LogP contribution < -0.4 is 10.6 Å². The van der Waals surface area contributed by atoms with Gasteiger partial charge in [0.05, 0.1) is 6.04 Å². The fourth-order valence-corrected chi connectivity index (χ4v) is 4.35. The lowest BCUT2D eigenvalue weighted by atomic mass is 10.0. The third-order valence-electron chi connectivity index (χ3n) is 4.75. The first-order valence-electron chi connectivity index (χ1n) is 9.09. The third-order valence-corrected chi connectivity index (χ3v) is 6.03. The molecule has 1 aliphatic heterocycles. The number of thiophene rings is 1. The first-order chi connectivity index (χ1) is 13.0. The van der Waals surface area contributed by atoms with Gasteiger partial charge < -0.3 is 10.6 Å². The van der Waals surface area contributed by atoms with Crippen LogP contribution in [0.3, 0.4) is 0 Å².